The Labute approximate surface area is 149 Å². The predicted octanol–water partition coefficient (Wildman–Crippen LogP) is 2.22. The molecule has 2 saturated heterocycles. The average molecular weight is 342 g/mol. The van der Waals surface area contributed by atoms with Crippen molar-refractivity contribution in [3.8, 4) is 0 Å². The molecule has 1 atom stereocenters. The van der Waals surface area contributed by atoms with E-state index in [2.05, 4.69) is 36.0 Å². The van der Waals surface area contributed by atoms with Crippen LogP contribution in [0.3, 0.4) is 0 Å². The lowest BCUT2D eigenvalue weighted by Gasteiger charge is -2.45. The van der Waals surface area contributed by atoms with Crippen molar-refractivity contribution in [3.05, 3.63) is 0 Å². The number of nitrogens with zero attached hydrogens (tertiary/aromatic N) is 2. The molecule has 2 fully saturated rings. The molecule has 2 heterocycles. The zero-order chi connectivity index (χ0) is 18.2. The minimum Gasteiger partial charge on any atom is -0.379 e. The molecule has 0 spiro atoms. The highest BCUT2D eigenvalue weighted by Gasteiger charge is 2.38. The third-order valence-electron chi connectivity index (χ3n) is 5.38. The quantitative estimate of drug-likeness (QED) is 0.833. The molecule has 1 unspecified atom stereocenters. The third kappa shape index (κ3) is 6.34. The molecule has 0 aliphatic carbocycles. The first-order chi connectivity index (χ1) is 11.4. The molecule has 2 aliphatic heterocycles. The van der Waals surface area contributed by atoms with E-state index in [9.17, 15) is 4.79 Å². The Morgan fingerprint density at radius 3 is 2.12 bits per heavy atom. The van der Waals surface area contributed by atoms with E-state index < -0.39 is 0 Å². The molecule has 0 bridgehead atoms. The molecule has 5 heteroatoms. The lowest BCUT2D eigenvalue weighted by atomic mass is 9.85. The number of carbonyl (C=O) groups is 1. The van der Waals surface area contributed by atoms with Crippen molar-refractivity contribution in [2.24, 2.45) is 11.8 Å². The summed E-state index contributed by atoms with van der Waals surface area (Å²) in [6.45, 7) is 16.9. The largest absolute Gasteiger partial charge is 0.379 e. The Hall–Kier alpha value is -0.650. The second kappa shape index (κ2) is 10.4. The van der Waals surface area contributed by atoms with Crippen LogP contribution in [0.4, 0.5) is 0 Å². The van der Waals surface area contributed by atoms with Crippen molar-refractivity contribution >= 4 is 5.91 Å². The normalized spacial score (nSPS) is 23.3. The van der Waals surface area contributed by atoms with Gasteiger partial charge in [-0.05, 0) is 25.8 Å². The van der Waals surface area contributed by atoms with Gasteiger partial charge in [-0.25, -0.2) is 0 Å². The highest BCUT2D eigenvalue weighted by Crippen LogP contribution is 2.25. The van der Waals surface area contributed by atoms with Crippen molar-refractivity contribution in [3.63, 3.8) is 0 Å². The van der Waals surface area contributed by atoms with Crippen molar-refractivity contribution in [2.75, 3.05) is 53.0 Å². The van der Waals surface area contributed by atoms with Crippen LogP contribution in [0.5, 0.6) is 0 Å². The van der Waals surface area contributed by atoms with Gasteiger partial charge in [-0.1, -0.05) is 34.6 Å². The van der Waals surface area contributed by atoms with E-state index in [-0.39, 0.29) is 17.4 Å². The van der Waals surface area contributed by atoms with Crippen LogP contribution in [0.1, 0.15) is 47.5 Å². The van der Waals surface area contributed by atoms with Crippen molar-refractivity contribution < 1.29 is 9.53 Å². The Morgan fingerprint density at radius 2 is 1.62 bits per heavy atom. The summed E-state index contributed by atoms with van der Waals surface area (Å²) in [5, 5.41) is 3.43. The maximum atomic E-state index is 12.6. The number of morpholine rings is 1. The fourth-order valence-corrected chi connectivity index (χ4v) is 3.23. The van der Waals surface area contributed by atoms with E-state index in [4.69, 9.17) is 4.74 Å². The van der Waals surface area contributed by atoms with Crippen LogP contribution in [0.25, 0.3) is 0 Å². The van der Waals surface area contributed by atoms with E-state index in [1.165, 1.54) is 0 Å². The van der Waals surface area contributed by atoms with Gasteiger partial charge in [0.1, 0.15) is 0 Å². The van der Waals surface area contributed by atoms with Gasteiger partial charge in [0, 0.05) is 38.6 Å². The van der Waals surface area contributed by atoms with E-state index in [0.29, 0.717) is 5.92 Å². The molecule has 0 aromatic heterocycles. The zero-order valence-corrected chi connectivity index (χ0v) is 16.7. The maximum absolute atomic E-state index is 12.6. The zero-order valence-electron chi connectivity index (χ0n) is 16.7. The van der Waals surface area contributed by atoms with Crippen molar-refractivity contribution in [1.29, 1.82) is 0 Å². The summed E-state index contributed by atoms with van der Waals surface area (Å²) in [5.41, 5.74) is -0.0654. The molecule has 2 rings (SSSR count). The minimum absolute atomic E-state index is 0.0654. The van der Waals surface area contributed by atoms with Gasteiger partial charge in [-0.15, -0.1) is 0 Å². The van der Waals surface area contributed by atoms with Crippen molar-refractivity contribution in [2.45, 2.75) is 53.0 Å². The Bertz CT molecular complexity index is 360. The number of piperidine rings is 1. The first-order valence-electron chi connectivity index (χ1n) is 9.72. The summed E-state index contributed by atoms with van der Waals surface area (Å²) >= 11 is 0. The summed E-state index contributed by atoms with van der Waals surface area (Å²) in [6.07, 6.45) is 2.08. The van der Waals surface area contributed by atoms with Gasteiger partial charge in [0.2, 0.25) is 5.91 Å². The summed E-state index contributed by atoms with van der Waals surface area (Å²) < 4.78 is 5.45. The highest BCUT2D eigenvalue weighted by molar-refractivity contribution is 5.79. The van der Waals surface area contributed by atoms with Crippen molar-refractivity contribution in [1.82, 2.24) is 15.1 Å². The van der Waals surface area contributed by atoms with Gasteiger partial charge >= 0.3 is 0 Å². The smallest absolute Gasteiger partial charge is 0.223 e. The molecule has 0 saturated carbocycles. The van der Waals surface area contributed by atoms with E-state index in [1.54, 1.807) is 0 Å². The van der Waals surface area contributed by atoms with Crippen LogP contribution in [0, 0.1) is 11.8 Å². The third-order valence-corrected chi connectivity index (χ3v) is 5.38. The van der Waals surface area contributed by atoms with Crippen LogP contribution in [0.2, 0.25) is 0 Å². The summed E-state index contributed by atoms with van der Waals surface area (Å²) in [7, 11) is 2.16. The van der Waals surface area contributed by atoms with Gasteiger partial charge in [0.05, 0.1) is 18.8 Å². The van der Waals surface area contributed by atoms with Gasteiger partial charge in [0.25, 0.3) is 0 Å². The maximum Gasteiger partial charge on any atom is 0.223 e. The monoisotopic (exact) mass is 341 g/mol. The second-order valence-corrected chi connectivity index (χ2v) is 7.49. The van der Waals surface area contributed by atoms with Gasteiger partial charge in [0.15, 0.2) is 0 Å². The highest BCUT2D eigenvalue weighted by atomic mass is 16.5. The molecule has 5 nitrogen and oxygen atoms in total. The Kier molecular flexibility index (Phi) is 9.24. The van der Waals surface area contributed by atoms with Gasteiger partial charge < -0.3 is 15.0 Å². The lowest BCUT2D eigenvalue weighted by molar-refractivity contribution is -0.129. The van der Waals surface area contributed by atoms with E-state index >= 15 is 0 Å². The second-order valence-electron chi connectivity index (χ2n) is 7.49. The average Bonchev–Trinajstić information content (AvgIpc) is 2.59. The molecule has 1 N–H and O–H groups in total. The number of hydrogen-bond donors (Lipinski definition) is 1. The number of likely N-dealkylation sites (tertiary alicyclic amines) is 1. The molecule has 0 radical (unpaired) electrons. The van der Waals surface area contributed by atoms with Crippen LogP contribution in [-0.2, 0) is 9.53 Å². The van der Waals surface area contributed by atoms with Crippen LogP contribution >= 0.6 is 0 Å². The summed E-state index contributed by atoms with van der Waals surface area (Å²) in [5.74, 6) is 0.667. The summed E-state index contributed by atoms with van der Waals surface area (Å²) in [6, 6.07) is 0. The molecular formula is C19H39N3O2. The standard InChI is InChI=1S/C17H33N3O2.C2H6/c1-14(2)15(3)16(21)18-17(5-7-19(4)8-6-17)13-20-9-11-22-12-10-20;1-2/h14-15H,5-13H2,1-4H3,(H,18,21);1-2H3. The minimum atomic E-state index is -0.0654. The van der Waals surface area contributed by atoms with Gasteiger partial charge in [-0.3, -0.25) is 9.69 Å². The van der Waals surface area contributed by atoms with Crippen LogP contribution in [0.15, 0.2) is 0 Å². The number of hydrogen-bond acceptors (Lipinski definition) is 4. The molecule has 24 heavy (non-hydrogen) atoms. The SMILES string of the molecule is CC.CC(C)C(C)C(=O)NC1(CN2CCOCC2)CCN(C)CC1. The van der Waals surface area contributed by atoms with E-state index in [1.807, 2.05) is 20.8 Å². The number of ether oxygens (including phenoxy) is 1. The molecule has 142 valence electrons. The molecule has 2 aliphatic rings. The van der Waals surface area contributed by atoms with E-state index in [0.717, 1.165) is 58.8 Å². The Morgan fingerprint density at radius 1 is 1.08 bits per heavy atom. The number of amides is 1. The lowest BCUT2D eigenvalue weighted by Crippen LogP contribution is -2.62. The number of nitrogens with one attached hydrogen (secondary N) is 1. The fourth-order valence-electron chi connectivity index (χ4n) is 3.23. The molecule has 0 aromatic carbocycles. The number of rotatable bonds is 5. The molecule has 1 amide bonds. The predicted molar refractivity (Wildman–Crippen MR) is 100 cm³/mol. The first kappa shape index (κ1) is 21.4. The van der Waals surface area contributed by atoms with Crippen LogP contribution in [-0.4, -0.2) is 74.2 Å². The Balaban J connectivity index is 0.00000139. The summed E-state index contributed by atoms with van der Waals surface area (Å²) in [4.78, 5) is 17.4. The number of carbonyl (C=O) groups excluding carboxylic acids is 1. The fraction of sp³-hybridized carbons (Fsp3) is 0.947. The van der Waals surface area contributed by atoms with Crippen LogP contribution < -0.4 is 5.32 Å². The van der Waals surface area contributed by atoms with Gasteiger partial charge in [-0.2, -0.15) is 0 Å². The molecular weight excluding hydrogens is 302 g/mol. The molecule has 0 aromatic rings. The first-order valence-corrected chi connectivity index (χ1v) is 9.72. The topological polar surface area (TPSA) is 44.8 Å².